The summed E-state index contributed by atoms with van der Waals surface area (Å²) >= 11 is 8.19. The second-order valence-corrected chi connectivity index (χ2v) is 5.54. The highest BCUT2D eigenvalue weighted by molar-refractivity contribution is 9.11. The highest BCUT2D eigenvalue weighted by atomic mass is 79.9. The average Bonchev–Trinajstić information content (AvgIpc) is 2.53. The quantitative estimate of drug-likeness (QED) is 0.800. The van der Waals surface area contributed by atoms with Crippen LogP contribution in [0.2, 0.25) is 0 Å². The molecular formula is C8H4Br2N2S. The molecule has 0 fully saturated rings. The summed E-state index contributed by atoms with van der Waals surface area (Å²) < 4.78 is 1.88. The van der Waals surface area contributed by atoms with E-state index in [1.165, 1.54) is 11.3 Å². The zero-order valence-corrected chi connectivity index (χ0v) is 10.4. The third-order valence-electron chi connectivity index (χ3n) is 1.49. The van der Waals surface area contributed by atoms with Crippen LogP contribution >= 0.6 is 43.2 Å². The van der Waals surface area contributed by atoms with Gasteiger partial charge in [0.1, 0.15) is 5.01 Å². The maximum absolute atomic E-state index is 4.02. The van der Waals surface area contributed by atoms with E-state index in [1.807, 2.05) is 24.3 Å². The van der Waals surface area contributed by atoms with Gasteiger partial charge in [0, 0.05) is 10.0 Å². The van der Waals surface area contributed by atoms with Crippen LogP contribution in [-0.2, 0) is 0 Å². The average molecular weight is 320 g/mol. The Labute approximate surface area is 96.3 Å². The number of benzene rings is 1. The molecule has 5 heteroatoms. The number of nitrogens with zero attached hydrogens (tertiary/aromatic N) is 2. The van der Waals surface area contributed by atoms with Crippen molar-refractivity contribution >= 4 is 43.2 Å². The van der Waals surface area contributed by atoms with E-state index in [4.69, 9.17) is 0 Å². The van der Waals surface area contributed by atoms with E-state index in [-0.39, 0.29) is 0 Å². The maximum Gasteiger partial charge on any atom is 0.183 e. The van der Waals surface area contributed by atoms with Crippen LogP contribution < -0.4 is 0 Å². The smallest absolute Gasteiger partial charge is 0.137 e. The highest BCUT2D eigenvalue weighted by Crippen LogP contribution is 2.27. The molecule has 2 nitrogen and oxygen atoms in total. The lowest BCUT2D eigenvalue weighted by Gasteiger charge is -1.93. The molecule has 1 aromatic heterocycles. The minimum atomic E-state index is 0.811. The van der Waals surface area contributed by atoms with Gasteiger partial charge in [-0.25, -0.2) is 0 Å². The van der Waals surface area contributed by atoms with Gasteiger partial charge in [-0.15, -0.1) is 10.2 Å². The molecular weight excluding hydrogens is 316 g/mol. The SMILES string of the molecule is Brc1ccc(-c2nnc(Br)s2)cc1. The molecule has 0 aliphatic heterocycles. The lowest BCUT2D eigenvalue weighted by atomic mass is 10.2. The molecule has 0 unspecified atom stereocenters. The van der Waals surface area contributed by atoms with Gasteiger partial charge in [-0.3, -0.25) is 0 Å². The number of hydrogen-bond donors (Lipinski definition) is 0. The van der Waals surface area contributed by atoms with Crippen LogP contribution in [0.25, 0.3) is 10.6 Å². The molecule has 0 saturated heterocycles. The molecule has 1 heterocycles. The molecule has 0 aliphatic carbocycles. The fraction of sp³-hybridized carbons (Fsp3) is 0. The minimum Gasteiger partial charge on any atom is -0.137 e. The van der Waals surface area contributed by atoms with E-state index in [0.29, 0.717) is 0 Å². The standard InChI is InChI=1S/C8H4Br2N2S/c9-6-3-1-5(2-4-6)7-11-12-8(10)13-7/h1-4H. The van der Waals surface area contributed by atoms with Crippen molar-refractivity contribution in [2.45, 2.75) is 0 Å². The van der Waals surface area contributed by atoms with Crippen LogP contribution in [0.5, 0.6) is 0 Å². The van der Waals surface area contributed by atoms with Gasteiger partial charge in [-0.1, -0.05) is 39.4 Å². The molecule has 1 aromatic carbocycles. The first-order chi connectivity index (χ1) is 6.25. The molecule has 0 N–H and O–H groups in total. The summed E-state index contributed by atoms with van der Waals surface area (Å²) in [5, 5.41) is 8.84. The van der Waals surface area contributed by atoms with Crippen molar-refractivity contribution in [2.24, 2.45) is 0 Å². The van der Waals surface area contributed by atoms with Crippen molar-refractivity contribution in [3.05, 3.63) is 32.7 Å². The van der Waals surface area contributed by atoms with Crippen molar-refractivity contribution in [3.8, 4) is 10.6 Å². The van der Waals surface area contributed by atoms with Crippen molar-refractivity contribution < 1.29 is 0 Å². The number of hydrogen-bond acceptors (Lipinski definition) is 3. The van der Waals surface area contributed by atoms with E-state index >= 15 is 0 Å². The Hall–Kier alpha value is -0.260. The van der Waals surface area contributed by atoms with E-state index in [1.54, 1.807) is 0 Å². The maximum atomic E-state index is 4.02. The Bertz CT molecular complexity index is 410. The monoisotopic (exact) mass is 318 g/mol. The summed E-state index contributed by atoms with van der Waals surface area (Å²) in [5.41, 5.74) is 1.09. The summed E-state index contributed by atoms with van der Waals surface area (Å²) in [7, 11) is 0. The molecule has 13 heavy (non-hydrogen) atoms. The predicted octanol–water partition coefficient (Wildman–Crippen LogP) is 3.73. The van der Waals surface area contributed by atoms with Crippen molar-refractivity contribution in [1.82, 2.24) is 10.2 Å². The fourth-order valence-corrected chi connectivity index (χ4v) is 2.29. The number of halogens is 2. The van der Waals surface area contributed by atoms with Gasteiger partial charge in [-0.05, 0) is 28.1 Å². The van der Waals surface area contributed by atoms with Crippen LogP contribution in [0.15, 0.2) is 32.7 Å². The van der Waals surface area contributed by atoms with Crippen LogP contribution in [0.4, 0.5) is 0 Å². The van der Waals surface area contributed by atoms with E-state index in [9.17, 15) is 0 Å². The lowest BCUT2D eigenvalue weighted by Crippen LogP contribution is -1.75. The van der Waals surface area contributed by atoms with Crippen LogP contribution in [0, 0.1) is 0 Å². The Morgan fingerprint density at radius 2 is 1.69 bits per heavy atom. The Kier molecular flexibility index (Phi) is 2.76. The summed E-state index contributed by atoms with van der Waals surface area (Å²) in [5.74, 6) is 0. The molecule has 0 saturated carbocycles. The van der Waals surface area contributed by atoms with Gasteiger partial charge in [0.05, 0.1) is 0 Å². The Morgan fingerprint density at radius 3 is 2.23 bits per heavy atom. The van der Waals surface area contributed by atoms with Crippen LogP contribution in [0.3, 0.4) is 0 Å². The first-order valence-corrected chi connectivity index (χ1v) is 5.91. The molecule has 0 atom stereocenters. The fourth-order valence-electron chi connectivity index (χ4n) is 0.914. The predicted molar refractivity (Wildman–Crippen MR) is 60.7 cm³/mol. The van der Waals surface area contributed by atoms with Gasteiger partial charge in [0.25, 0.3) is 0 Å². The largest absolute Gasteiger partial charge is 0.183 e. The highest BCUT2D eigenvalue weighted by Gasteiger charge is 2.03. The molecule has 2 rings (SSSR count). The van der Waals surface area contributed by atoms with Crippen LogP contribution in [0.1, 0.15) is 0 Å². The zero-order valence-electron chi connectivity index (χ0n) is 6.37. The zero-order chi connectivity index (χ0) is 9.26. The topological polar surface area (TPSA) is 25.8 Å². The Morgan fingerprint density at radius 1 is 1.00 bits per heavy atom. The van der Waals surface area contributed by atoms with Crippen LogP contribution in [-0.4, -0.2) is 10.2 Å². The summed E-state index contributed by atoms with van der Waals surface area (Å²) in [4.78, 5) is 0. The van der Waals surface area contributed by atoms with Gasteiger partial charge in [0.15, 0.2) is 3.92 Å². The first-order valence-electron chi connectivity index (χ1n) is 3.50. The minimum absolute atomic E-state index is 0.811. The van der Waals surface area contributed by atoms with Crippen molar-refractivity contribution in [2.75, 3.05) is 0 Å². The van der Waals surface area contributed by atoms with Gasteiger partial charge in [0.2, 0.25) is 0 Å². The van der Waals surface area contributed by atoms with Gasteiger partial charge < -0.3 is 0 Å². The number of aromatic nitrogens is 2. The second-order valence-electron chi connectivity index (χ2n) is 2.37. The first kappa shape index (κ1) is 9.30. The third kappa shape index (κ3) is 2.15. The van der Waals surface area contributed by atoms with Gasteiger partial charge >= 0.3 is 0 Å². The lowest BCUT2D eigenvalue weighted by molar-refractivity contribution is 1.08. The molecule has 66 valence electrons. The molecule has 0 radical (unpaired) electrons. The summed E-state index contributed by atoms with van der Waals surface area (Å²) in [6.45, 7) is 0. The molecule has 0 amide bonds. The van der Waals surface area contributed by atoms with Gasteiger partial charge in [-0.2, -0.15) is 0 Å². The third-order valence-corrected chi connectivity index (χ3v) is 3.43. The van der Waals surface area contributed by atoms with Crippen molar-refractivity contribution in [3.63, 3.8) is 0 Å². The molecule has 0 bridgehead atoms. The van der Waals surface area contributed by atoms with E-state index in [0.717, 1.165) is 19.0 Å². The van der Waals surface area contributed by atoms with E-state index in [2.05, 4.69) is 42.1 Å². The summed E-state index contributed by atoms with van der Waals surface area (Å²) in [6.07, 6.45) is 0. The molecule has 2 aromatic rings. The molecule has 0 aliphatic rings. The molecule has 0 spiro atoms. The summed E-state index contributed by atoms with van der Waals surface area (Å²) in [6, 6.07) is 8.00. The van der Waals surface area contributed by atoms with Crippen molar-refractivity contribution in [1.29, 1.82) is 0 Å². The Balaban J connectivity index is 2.41. The van der Waals surface area contributed by atoms with E-state index < -0.39 is 0 Å². The normalized spacial score (nSPS) is 10.3. The second kappa shape index (κ2) is 3.86. The number of rotatable bonds is 1.